The second kappa shape index (κ2) is 8.25. The third-order valence-electron chi connectivity index (χ3n) is 4.86. The number of nitrogens with one attached hydrogen (secondary N) is 2. The van der Waals surface area contributed by atoms with Gasteiger partial charge in [-0.2, -0.15) is 0 Å². The number of methoxy groups -OCH3 is 2. The van der Waals surface area contributed by atoms with Crippen LogP contribution in [0.1, 0.15) is 25.5 Å². The van der Waals surface area contributed by atoms with Crippen molar-refractivity contribution in [1.82, 2.24) is 9.88 Å². The number of ether oxygens (including phenoxy) is 2. The van der Waals surface area contributed by atoms with Crippen molar-refractivity contribution < 1.29 is 14.3 Å². The number of carbonyl (C=O) groups is 1. The number of amides is 2. The van der Waals surface area contributed by atoms with E-state index in [4.69, 9.17) is 9.47 Å². The zero-order chi connectivity index (χ0) is 20.3. The SMILES string of the molecule is COc1ccc([C@@H](NC(=O)Nc2ccc3c(ccn3C)c2)C(C)C)cc1OC. The van der Waals surface area contributed by atoms with E-state index in [0.717, 1.165) is 22.2 Å². The Labute approximate surface area is 165 Å². The van der Waals surface area contributed by atoms with Crippen LogP contribution < -0.4 is 20.1 Å². The largest absolute Gasteiger partial charge is 0.493 e. The number of fused-ring (bicyclic) bond motifs is 1. The molecular formula is C22H27N3O3. The van der Waals surface area contributed by atoms with E-state index < -0.39 is 0 Å². The summed E-state index contributed by atoms with van der Waals surface area (Å²) >= 11 is 0. The van der Waals surface area contributed by atoms with Gasteiger partial charge < -0.3 is 24.7 Å². The number of benzene rings is 2. The lowest BCUT2D eigenvalue weighted by Crippen LogP contribution is -2.35. The number of hydrogen-bond donors (Lipinski definition) is 2. The molecule has 0 spiro atoms. The number of carbonyl (C=O) groups excluding carboxylic acids is 1. The van der Waals surface area contributed by atoms with E-state index >= 15 is 0 Å². The van der Waals surface area contributed by atoms with Crippen molar-refractivity contribution in [1.29, 1.82) is 0 Å². The maximum Gasteiger partial charge on any atom is 0.319 e. The molecule has 0 fully saturated rings. The Balaban J connectivity index is 1.77. The Morgan fingerprint density at radius 3 is 2.43 bits per heavy atom. The summed E-state index contributed by atoms with van der Waals surface area (Å²) in [5.74, 6) is 1.50. The van der Waals surface area contributed by atoms with E-state index in [1.807, 2.05) is 60.3 Å². The molecule has 0 aliphatic heterocycles. The smallest absolute Gasteiger partial charge is 0.319 e. The summed E-state index contributed by atoms with van der Waals surface area (Å²) in [6.45, 7) is 4.13. The fourth-order valence-electron chi connectivity index (χ4n) is 3.35. The molecule has 0 saturated heterocycles. The average molecular weight is 381 g/mol. The van der Waals surface area contributed by atoms with Crippen LogP contribution in [0.5, 0.6) is 11.5 Å². The molecule has 1 atom stereocenters. The topological polar surface area (TPSA) is 64.5 Å². The standard InChI is InChI=1S/C22H27N3O3/c1-14(2)21(16-6-9-19(27-4)20(13-16)28-5)24-22(26)23-17-7-8-18-15(12-17)10-11-25(18)3/h6-14,21H,1-5H3,(H2,23,24,26)/t21-/m0/s1. The van der Waals surface area contributed by atoms with Crippen molar-refractivity contribution in [2.75, 3.05) is 19.5 Å². The van der Waals surface area contributed by atoms with Gasteiger partial charge in [0.25, 0.3) is 0 Å². The van der Waals surface area contributed by atoms with Crippen LogP contribution in [-0.4, -0.2) is 24.8 Å². The molecule has 148 valence electrons. The van der Waals surface area contributed by atoms with E-state index in [9.17, 15) is 4.79 Å². The van der Waals surface area contributed by atoms with E-state index in [1.165, 1.54) is 0 Å². The summed E-state index contributed by atoms with van der Waals surface area (Å²) in [7, 11) is 5.21. The molecule has 0 aliphatic carbocycles. The van der Waals surface area contributed by atoms with Crippen LogP contribution in [0.15, 0.2) is 48.7 Å². The molecule has 2 aromatic carbocycles. The van der Waals surface area contributed by atoms with Gasteiger partial charge in [0.05, 0.1) is 20.3 Å². The first-order chi connectivity index (χ1) is 13.4. The number of urea groups is 1. The Morgan fingerprint density at radius 1 is 1.00 bits per heavy atom. The monoisotopic (exact) mass is 381 g/mol. The molecule has 0 unspecified atom stereocenters. The van der Waals surface area contributed by atoms with E-state index in [-0.39, 0.29) is 18.0 Å². The molecule has 1 aromatic heterocycles. The fraction of sp³-hybridized carbons (Fsp3) is 0.318. The zero-order valence-electron chi connectivity index (χ0n) is 16.9. The Hall–Kier alpha value is -3.15. The number of anilines is 1. The van der Waals surface area contributed by atoms with Gasteiger partial charge in [-0.15, -0.1) is 0 Å². The summed E-state index contributed by atoms with van der Waals surface area (Å²) in [4.78, 5) is 12.6. The minimum Gasteiger partial charge on any atom is -0.493 e. The summed E-state index contributed by atoms with van der Waals surface area (Å²) in [6.07, 6.45) is 2.00. The lowest BCUT2D eigenvalue weighted by atomic mass is 9.96. The molecule has 0 radical (unpaired) electrons. The van der Waals surface area contributed by atoms with Gasteiger partial charge in [-0.3, -0.25) is 0 Å². The van der Waals surface area contributed by atoms with Crippen LogP contribution in [0.2, 0.25) is 0 Å². The predicted octanol–water partition coefficient (Wildman–Crippen LogP) is 4.71. The van der Waals surface area contributed by atoms with Gasteiger partial charge in [-0.05, 0) is 47.9 Å². The maximum absolute atomic E-state index is 12.6. The van der Waals surface area contributed by atoms with Gasteiger partial charge in [-0.1, -0.05) is 19.9 Å². The maximum atomic E-state index is 12.6. The first-order valence-corrected chi connectivity index (χ1v) is 9.27. The molecule has 0 aliphatic rings. The lowest BCUT2D eigenvalue weighted by Gasteiger charge is -2.24. The predicted molar refractivity (Wildman–Crippen MR) is 112 cm³/mol. The van der Waals surface area contributed by atoms with Gasteiger partial charge in [0.15, 0.2) is 11.5 Å². The molecule has 0 saturated carbocycles. The Bertz CT molecular complexity index is 978. The highest BCUT2D eigenvalue weighted by atomic mass is 16.5. The first-order valence-electron chi connectivity index (χ1n) is 9.27. The van der Waals surface area contributed by atoms with Crippen molar-refractivity contribution in [2.45, 2.75) is 19.9 Å². The van der Waals surface area contributed by atoms with Crippen LogP contribution in [0.4, 0.5) is 10.5 Å². The molecule has 28 heavy (non-hydrogen) atoms. The Kier molecular flexibility index (Phi) is 5.78. The van der Waals surface area contributed by atoms with Gasteiger partial charge in [0.2, 0.25) is 0 Å². The number of nitrogens with zero attached hydrogens (tertiary/aromatic N) is 1. The fourth-order valence-corrected chi connectivity index (χ4v) is 3.35. The average Bonchev–Trinajstić information content (AvgIpc) is 3.05. The number of hydrogen-bond acceptors (Lipinski definition) is 3. The third kappa shape index (κ3) is 4.06. The van der Waals surface area contributed by atoms with Crippen molar-refractivity contribution in [2.24, 2.45) is 13.0 Å². The van der Waals surface area contributed by atoms with E-state index in [2.05, 4.69) is 24.5 Å². The summed E-state index contributed by atoms with van der Waals surface area (Å²) in [5.41, 5.74) is 2.84. The van der Waals surface area contributed by atoms with Crippen molar-refractivity contribution in [3.8, 4) is 11.5 Å². The minimum atomic E-state index is -0.247. The molecule has 6 heteroatoms. The highest BCUT2D eigenvalue weighted by Crippen LogP contribution is 2.32. The van der Waals surface area contributed by atoms with Crippen LogP contribution >= 0.6 is 0 Å². The second-order valence-electron chi connectivity index (χ2n) is 7.13. The highest BCUT2D eigenvalue weighted by Gasteiger charge is 2.20. The van der Waals surface area contributed by atoms with Crippen LogP contribution in [-0.2, 0) is 7.05 Å². The molecule has 2 N–H and O–H groups in total. The lowest BCUT2D eigenvalue weighted by molar-refractivity contribution is 0.244. The first kappa shape index (κ1) is 19.6. The van der Waals surface area contributed by atoms with Crippen LogP contribution in [0, 0.1) is 5.92 Å². The highest BCUT2D eigenvalue weighted by molar-refractivity contribution is 5.93. The molecular weight excluding hydrogens is 354 g/mol. The van der Waals surface area contributed by atoms with E-state index in [0.29, 0.717) is 11.5 Å². The zero-order valence-corrected chi connectivity index (χ0v) is 16.9. The van der Waals surface area contributed by atoms with Gasteiger partial charge in [0.1, 0.15) is 0 Å². The third-order valence-corrected chi connectivity index (χ3v) is 4.86. The van der Waals surface area contributed by atoms with Crippen LogP contribution in [0.25, 0.3) is 10.9 Å². The number of rotatable bonds is 6. The van der Waals surface area contributed by atoms with Crippen LogP contribution in [0.3, 0.4) is 0 Å². The summed E-state index contributed by atoms with van der Waals surface area (Å²) < 4.78 is 12.7. The van der Waals surface area contributed by atoms with Gasteiger partial charge in [-0.25, -0.2) is 4.79 Å². The van der Waals surface area contributed by atoms with E-state index in [1.54, 1.807) is 14.2 Å². The second-order valence-corrected chi connectivity index (χ2v) is 7.13. The van der Waals surface area contributed by atoms with Crippen molar-refractivity contribution >= 4 is 22.6 Å². The van der Waals surface area contributed by atoms with Gasteiger partial charge >= 0.3 is 6.03 Å². The normalized spacial score (nSPS) is 12.1. The quantitative estimate of drug-likeness (QED) is 0.650. The molecule has 1 heterocycles. The molecule has 3 rings (SSSR count). The molecule has 3 aromatic rings. The van der Waals surface area contributed by atoms with Crippen molar-refractivity contribution in [3.05, 3.63) is 54.2 Å². The number of aryl methyl sites for hydroxylation is 1. The minimum absolute atomic E-state index is 0.166. The summed E-state index contributed by atoms with van der Waals surface area (Å²) in [5, 5.41) is 7.09. The Morgan fingerprint density at radius 2 is 1.75 bits per heavy atom. The van der Waals surface area contributed by atoms with Crippen molar-refractivity contribution in [3.63, 3.8) is 0 Å². The molecule has 2 amide bonds. The van der Waals surface area contributed by atoms with Gasteiger partial charge in [0, 0.05) is 29.8 Å². The molecule has 0 bridgehead atoms. The summed E-state index contributed by atoms with van der Waals surface area (Å²) in [6, 6.07) is 13.2. The number of aromatic nitrogens is 1. The molecule has 6 nitrogen and oxygen atoms in total.